The molecule has 1 aromatic heterocycles. The summed E-state index contributed by atoms with van der Waals surface area (Å²) in [5.74, 6) is -0.313. The number of fused-ring (bicyclic) bond motifs is 1. The predicted molar refractivity (Wildman–Crippen MR) is 85.6 cm³/mol. The molecular formula is C16H12ClN3O. The highest BCUT2D eigenvalue weighted by molar-refractivity contribution is 6.31. The lowest BCUT2D eigenvalue weighted by molar-refractivity contribution is 0.102. The fraction of sp³-hybridized carbons (Fsp3) is 0. The van der Waals surface area contributed by atoms with E-state index >= 15 is 0 Å². The fourth-order valence-corrected chi connectivity index (χ4v) is 2.24. The molecule has 0 spiro atoms. The number of carbonyl (C=O) groups excluding carboxylic acids is 1. The van der Waals surface area contributed by atoms with E-state index in [0.29, 0.717) is 22.0 Å². The summed E-state index contributed by atoms with van der Waals surface area (Å²) in [6.07, 6.45) is 1.61. The summed E-state index contributed by atoms with van der Waals surface area (Å²) in [6, 6.07) is 14.3. The SMILES string of the molecule is Nc1ccc(Cl)cc1C(=O)Nc1cnc2ccccc2c1. The summed E-state index contributed by atoms with van der Waals surface area (Å²) < 4.78 is 0. The predicted octanol–water partition coefficient (Wildman–Crippen LogP) is 3.72. The zero-order valence-corrected chi connectivity index (χ0v) is 11.8. The van der Waals surface area contributed by atoms with Gasteiger partial charge >= 0.3 is 0 Å². The molecule has 3 N–H and O–H groups in total. The van der Waals surface area contributed by atoms with Crippen LogP contribution in [0.25, 0.3) is 10.9 Å². The number of carbonyl (C=O) groups is 1. The Kier molecular flexibility index (Phi) is 3.46. The Labute approximate surface area is 126 Å². The van der Waals surface area contributed by atoms with Crippen LogP contribution in [0.15, 0.2) is 54.7 Å². The molecule has 2 aromatic carbocycles. The minimum Gasteiger partial charge on any atom is -0.398 e. The molecule has 0 saturated heterocycles. The van der Waals surface area contributed by atoms with Gasteiger partial charge in [-0.25, -0.2) is 0 Å². The summed E-state index contributed by atoms with van der Waals surface area (Å²) in [4.78, 5) is 16.5. The van der Waals surface area contributed by atoms with Gasteiger partial charge in [-0.2, -0.15) is 0 Å². The van der Waals surface area contributed by atoms with E-state index in [0.717, 1.165) is 10.9 Å². The molecule has 5 heteroatoms. The van der Waals surface area contributed by atoms with Crippen molar-refractivity contribution in [2.24, 2.45) is 0 Å². The number of rotatable bonds is 2. The molecule has 0 unspecified atom stereocenters. The molecule has 104 valence electrons. The molecule has 1 amide bonds. The Hall–Kier alpha value is -2.59. The van der Waals surface area contributed by atoms with Crippen molar-refractivity contribution in [1.29, 1.82) is 0 Å². The number of hydrogen-bond donors (Lipinski definition) is 2. The third kappa shape index (κ3) is 2.80. The Morgan fingerprint density at radius 1 is 1.14 bits per heavy atom. The van der Waals surface area contributed by atoms with Gasteiger partial charge in [-0.1, -0.05) is 29.8 Å². The topological polar surface area (TPSA) is 68.0 Å². The van der Waals surface area contributed by atoms with Crippen LogP contribution in [-0.4, -0.2) is 10.9 Å². The summed E-state index contributed by atoms with van der Waals surface area (Å²) in [7, 11) is 0. The fourth-order valence-electron chi connectivity index (χ4n) is 2.06. The van der Waals surface area contributed by atoms with Gasteiger partial charge < -0.3 is 11.1 Å². The van der Waals surface area contributed by atoms with Gasteiger partial charge in [0.25, 0.3) is 5.91 Å². The number of hydrogen-bond acceptors (Lipinski definition) is 3. The van der Waals surface area contributed by atoms with E-state index in [1.165, 1.54) is 0 Å². The molecule has 0 atom stereocenters. The van der Waals surface area contributed by atoms with Gasteiger partial charge in [-0.3, -0.25) is 9.78 Å². The molecule has 3 rings (SSSR count). The Bertz CT molecular complexity index is 833. The van der Waals surface area contributed by atoms with Crippen LogP contribution < -0.4 is 11.1 Å². The summed E-state index contributed by atoms with van der Waals surface area (Å²) in [5.41, 5.74) is 8.01. The van der Waals surface area contributed by atoms with E-state index in [9.17, 15) is 4.79 Å². The maximum Gasteiger partial charge on any atom is 0.257 e. The lowest BCUT2D eigenvalue weighted by atomic mass is 10.1. The van der Waals surface area contributed by atoms with Crippen LogP contribution in [-0.2, 0) is 0 Å². The first-order valence-corrected chi connectivity index (χ1v) is 6.72. The quantitative estimate of drug-likeness (QED) is 0.708. The van der Waals surface area contributed by atoms with Crippen LogP contribution in [0.1, 0.15) is 10.4 Å². The molecule has 0 aliphatic carbocycles. The maximum absolute atomic E-state index is 12.2. The second-order valence-corrected chi connectivity index (χ2v) is 5.04. The van der Waals surface area contributed by atoms with E-state index in [-0.39, 0.29) is 5.91 Å². The minimum atomic E-state index is -0.313. The first kappa shape index (κ1) is 13.4. The Morgan fingerprint density at radius 3 is 2.81 bits per heavy atom. The van der Waals surface area contributed by atoms with Crippen LogP contribution >= 0.6 is 11.6 Å². The maximum atomic E-state index is 12.2. The van der Waals surface area contributed by atoms with Crippen LogP contribution in [0.4, 0.5) is 11.4 Å². The molecule has 1 heterocycles. The highest BCUT2D eigenvalue weighted by Gasteiger charge is 2.11. The van der Waals surface area contributed by atoms with Crippen molar-refractivity contribution in [1.82, 2.24) is 4.98 Å². The van der Waals surface area contributed by atoms with Crippen molar-refractivity contribution in [2.45, 2.75) is 0 Å². The Morgan fingerprint density at radius 2 is 1.95 bits per heavy atom. The van der Waals surface area contributed by atoms with Crippen molar-refractivity contribution < 1.29 is 4.79 Å². The van der Waals surface area contributed by atoms with Gasteiger partial charge in [0.15, 0.2) is 0 Å². The van der Waals surface area contributed by atoms with Gasteiger partial charge in [0, 0.05) is 16.1 Å². The molecule has 4 nitrogen and oxygen atoms in total. The van der Waals surface area contributed by atoms with Crippen molar-refractivity contribution in [3.05, 3.63) is 65.3 Å². The zero-order chi connectivity index (χ0) is 14.8. The van der Waals surface area contributed by atoms with Gasteiger partial charge in [-0.05, 0) is 30.3 Å². The number of anilines is 2. The molecule has 0 aliphatic heterocycles. The summed E-state index contributed by atoms with van der Waals surface area (Å²) >= 11 is 5.89. The molecule has 0 bridgehead atoms. The van der Waals surface area contributed by atoms with E-state index < -0.39 is 0 Å². The minimum absolute atomic E-state index is 0.313. The first-order valence-electron chi connectivity index (χ1n) is 6.34. The van der Waals surface area contributed by atoms with Crippen LogP contribution in [0.2, 0.25) is 5.02 Å². The molecule has 0 saturated carbocycles. The molecule has 0 fully saturated rings. The second kappa shape index (κ2) is 5.42. The van der Waals surface area contributed by atoms with Crippen LogP contribution in [0, 0.1) is 0 Å². The molecular weight excluding hydrogens is 286 g/mol. The summed E-state index contributed by atoms with van der Waals surface area (Å²) in [6.45, 7) is 0. The molecule has 0 aliphatic rings. The number of pyridine rings is 1. The van der Waals surface area contributed by atoms with E-state index in [1.807, 2.05) is 30.3 Å². The van der Waals surface area contributed by atoms with E-state index in [2.05, 4.69) is 10.3 Å². The van der Waals surface area contributed by atoms with Gasteiger partial charge in [0.05, 0.1) is 23.0 Å². The number of nitrogen functional groups attached to an aromatic ring is 1. The summed E-state index contributed by atoms with van der Waals surface area (Å²) in [5, 5.41) is 4.20. The van der Waals surface area contributed by atoms with Crippen molar-refractivity contribution >= 4 is 39.8 Å². The van der Waals surface area contributed by atoms with Gasteiger partial charge in [0.2, 0.25) is 0 Å². The number of benzene rings is 2. The number of para-hydroxylation sites is 1. The lowest BCUT2D eigenvalue weighted by Gasteiger charge is -2.08. The van der Waals surface area contributed by atoms with Crippen LogP contribution in [0.5, 0.6) is 0 Å². The number of nitrogens with one attached hydrogen (secondary N) is 1. The average Bonchev–Trinajstić information content (AvgIpc) is 2.49. The van der Waals surface area contributed by atoms with E-state index in [1.54, 1.807) is 24.4 Å². The number of amides is 1. The van der Waals surface area contributed by atoms with Gasteiger partial charge in [-0.15, -0.1) is 0 Å². The molecule has 3 aromatic rings. The highest BCUT2D eigenvalue weighted by Crippen LogP contribution is 2.21. The van der Waals surface area contributed by atoms with Crippen molar-refractivity contribution in [2.75, 3.05) is 11.1 Å². The molecule has 21 heavy (non-hydrogen) atoms. The highest BCUT2D eigenvalue weighted by atomic mass is 35.5. The molecule has 0 radical (unpaired) electrons. The standard InChI is InChI=1S/C16H12ClN3O/c17-11-5-6-14(18)13(8-11)16(21)20-12-7-10-3-1-2-4-15(10)19-9-12/h1-9H,18H2,(H,20,21). The van der Waals surface area contributed by atoms with Crippen molar-refractivity contribution in [3.63, 3.8) is 0 Å². The number of halogens is 1. The van der Waals surface area contributed by atoms with Crippen LogP contribution in [0.3, 0.4) is 0 Å². The number of nitrogens with two attached hydrogens (primary N) is 1. The largest absolute Gasteiger partial charge is 0.398 e. The third-order valence-electron chi connectivity index (χ3n) is 3.11. The zero-order valence-electron chi connectivity index (χ0n) is 11.0. The number of aromatic nitrogens is 1. The van der Waals surface area contributed by atoms with Gasteiger partial charge in [0.1, 0.15) is 0 Å². The first-order chi connectivity index (χ1) is 10.1. The number of nitrogens with zero attached hydrogens (tertiary/aromatic N) is 1. The Balaban J connectivity index is 1.90. The lowest BCUT2D eigenvalue weighted by Crippen LogP contribution is -2.14. The normalized spacial score (nSPS) is 10.5. The smallest absolute Gasteiger partial charge is 0.257 e. The third-order valence-corrected chi connectivity index (χ3v) is 3.34. The average molecular weight is 298 g/mol. The second-order valence-electron chi connectivity index (χ2n) is 4.60. The van der Waals surface area contributed by atoms with E-state index in [4.69, 9.17) is 17.3 Å². The monoisotopic (exact) mass is 297 g/mol. The van der Waals surface area contributed by atoms with Crippen molar-refractivity contribution in [3.8, 4) is 0 Å².